The molecule has 0 saturated heterocycles. The second kappa shape index (κ2) is 8.04. The first-order valence-corrected chi connectivity index (χ1v) is 9.14. The molecule has 0 aliphatic rings. The number of benzene rings is 3. The number of nitriles is 1. The van der Waals surface area contributed by atoms with E-state index >= 15 is 0 Å². The van der Waals surface area contributed by atoms with Crippen molar-refractivity contribution < 1.29 is 8.78 Å². The van der Waals surface area contributed by atoms with Crippen LogP contribution in [-0.2, 0) is 6.42 Å². The summed E-state index contributed by atoms with van der Waals surface area (Å²) in [6.45, 7) is 0. The molecule has 4 aromatic rings. The molecule has 0 N–H and O–H groups in total. The van der Waals surface area contributed by atoms with Gasteiger partial charge in [-0.3, -0.25) is 0 Å². The average molecular weight is 382 g/mol. The Balaban J connectivity index is 1.91. The van der Waals surface area contributed by atoms with Crippen LogP contribution in [0, 0.1) is 23.0 Å². The van der Waals surface area contributed by atoms with Crippen LogP contribution in [0.5, 0.6) is 0 Å². The van der Waals surface area contributed by atoms with Gasteiger partial charge < -0.3 is 0 Å². The average Bonchev–Trinajstić information content (AvgIpc) is 2.75. The van der Waals surface area contributed by atoms with Crippen LogP contribution in [0.15, 0.2) is 85.1 Å². The van der Waals surface area contributed by atoms with Crippen molar-refractivity contribution in [3.05, 3.63) is 114 Å². The third kappa shape index (κ3) is 3.76. The van der Waals surface area contributed by atoms with E-state index in [1.165, 1.54) is 12.1 Å². The molecule has 0 saturated carbocycles. The Labute approximate surface area is 167 Å². The van der Waals surface area contributed by atoms with E-state index in [1.807, 2.05) is 24.3 Å². The lowest BCUT2D eigenvalue weighted by atomic mass is 9.88. The van der Waals surface area contributed by atoms with E-state index in [2.05, 4.69) is 4.98 Å². The maximum atomic E-state index is 14.7. The molecule has 1 aromatic heterocycles. The molecule has 4 rings (SSSR count). The molecule has 2 nitrogen and oxygen atoms in total. The van der Waals surface area contributed by atoms with Crippen molar-refractivity contribution in [1.29, 1.82) is 5.26 Å². The molecule has 0 amide bonds. The highest BCUT2D eigenvalue weighted by atomic mass is 19.1. The van der Waals surface area contributed by atoms with Crippen LogP contribution in [0.1, 0.15) is 16.8 Å². The van der Waals surface area contributed by atoms with Gasteiger partial charge in [0.2, 0.25) is 0 Å². The first kappa shape index (κ1) is 18.5. The van der Waals surface area contributed by atoms with Gasteiger partial charge in [-0.25, -0.2) is 13.8 Å². The molecular formula is C25H16F2N2. The summed E-state index contributed by atoms with van der Waals surface area (Å²) in [6, 6.07) is 24.0. The second-order valence-electron chi connectivity index (χ2n) is 6.64. The van der Waals surface area contributed by atoms with Crippen molar-refractivity contribution in [1.82, 2.24) is 4.98 Å². The van der Waals surface area contributed by atoms with Crippen LogP contribution < -0.4 is 0 Å². The highest BCUT2D eigenvalue weighted by Crippen LogP contribution is 2.38. The summed E-state index contributed by atoms with van der Waals surface area (Å²) >= 11 is 0. The zero-order valence-electron chi connectivity index (χ0n) is 15.4. The van der Waals surface area contributed by atoms with Gasteiger partial charge in [-0.05, 0) is 46.9 Å². The van der Waals surface area contributed by atoms with Crippen molar-refractivity contribution in [3.63, 3.8) is 0 Å². The zero-order chi connectivity index (χ0) is 20.2. The monoisotopic (exact) mass is 382 g/mol. The van der Waals surface area contributed by atoms with E-state index in [-0.39, 0.29) is 11.6 Å². The lowest BCUT2D eigenvalue weighted by Crippen LogP contribution is -1.99. The SMILES string of the molecule is N#Cc1ccc(Cc2cccc(-c3ccccc3F)c2-c2ccccc2F)cn1. The largest absolute Gasteiger partial charge is 0.245 e. The molecule has 0 radical (unpaired) electrons. The van der Waals surface area contributed by atoms with Crippen LogP contribution in [0.3, 0.4) is 0 Å². The zero-order valence-corrected chi connectivity index (χ0v) is 15.4. The predicted molar refractivity (Wildman–Crippen MR) is 109 cm³/mol. The highest BCUT2D eigenvalue weighted by Gasteiger charge is 2.17. The van der Waals surface area contributed by atoms with E-state index in [1.54, 1.807) is 54.7 Å². The minimum Gasteiger partial charge on any atom is -0.245 e. The van der Waals surface area contributed by atoms with E-state index in [0.29, 0.717) is 34.4 Å². The van der Waals surface area contributed by atoms with Gasteiger partial charge in [0.25, 0.3) is 0 Å². The minimum atomic E-state index is -0.365. The Bertz CT molecular complexity index is 1210. The minimum absolute atomic E-state index is 0.336. The summed E-state index contributed by atoms with van der Waals surface area (Å²) in [5.74, 6) is -0.724. The third-order valence-electron chi connectivity index (χ3n) is 4.79. The third-order valence-corrected chi connectivity index (χ3v) is 4.79. The normalized spacial score (nSPS) is 10.5. The van der Waals surface area contributed by atoms with Crippen molar-refractivity contribution in [2.24, 2.45) is 0 Å². The van der Waals surface area contributed by atoms with Gasteiger partial charge in [0.1, 0.15) is 23.4 Å². The molecule has 140 valence electrons. The fourth-order valence-electron chi connectivity index (χ4n) is 3.45. The molecule has 1 heterocycles. The Morgan fingerprint density at radius 3 is 2.00 bits per heavy atom. The van der Waals surface area contributed by atoms with Crippen molar-refractivity contribution in [2.45, 2.75) is 6.42 Å². The van der Waals surface area contributed by atoms with Gasteiger partial charge in [0.15, 0.2) is 0 Å². The Hall–Kier alpha value is -3.84. The van der Waals surface area contributed by atoms with Gasteiger partial charge in [-0.15, -0.1) is 0 Å². The van der Waals surface area contributed by atoms with E-state index < -0.39 is 0 Å². The number of halogens is 2. The fourth-order valence-corrected chi connectivity index (χ4v) is 3.45. The number of nitrogens with zero attached hydrogens (tertiary/aromatic N) is 2. The van der Waals surface area contributed by atoms with E-state index in [4.69, 9.17) is 5.26 Å². The summed E-state index contributed by atoms with van der Waals surface area (Å²) in [5, 5.41) is 8.94. The smallest absolute Gasteiger partial charge is 0.140 e. The predicted octanol–water partition coefficient (Wildman–Crippen LogP) is 6.16. The van der Waals surface area contributed by atoms with Crippen LogP contribution in [-0.4, -0.2) is 4.98 Å². The van der Waals surface area contributed by atoms with Gasteiger partial charge in [-0.1, -0.05) is 60.7 Å². The highest BCUT2D eigenvalue weighted by molar-refractivity contribution is 5.86. The number of hydrogen-bond donors (Lipinski definition) is 0. The summed E-state index contributed by atoms with van der Waals surface area (Å²) in [7, 11) is 0. The topological polar surface area (TPSA) is 36.7 Å². The molecule has 0 atom stereocenters. The molecule has 0 aliphatic carbocycles. The maximum absolute atomic E-state index is 14.7. The molecule has 29 heavy (non-hydrogen) atoms. The van der Waals surface area contributed by atoms with Crippen LogP contribution in [0.2, 0.25) is 0 Å². The fraction of sp³-hybridized carbons (Fsp3) is 0.0400. The molecule has 4 heteroatoms. The first-order valence-electron chi connectivity index (χ1n) is 9.14. The Morgan fingerprint density at radius 1 is 0.724 bits per heavy atom. The van der Waals surface area contributed by atoms with Crippen molar-refractivity contribution >= 4 is 0 Å². The Morgan fingerprint density at radius 2 is 1.38 bits per heavy atom. The summed E-state index contributed by atoms with van der Waals surface area (Å²) < 4.78 is 29.3. The molecule has 0 unspecified atom stereocenters. The Kier molecular flexibility index (Phi) is 5.13. The van der Waals surface area contributed by atoms with Gasteiger partial charge >= 0.3 is 0 Å². The van der Waals surface area contributed by atoms with Crippen LogP contribution in [0.4, 0.5) is 8.78 Å². The van der Waals surface area contributed by atoms with Crippen LogP contribution >= 0.6 is 0 Å². The van der Waals surface area contributed by atoms with Crippen molar-refractivity contribution in [3.8, 4) is 28.3 Å². The molecule has 0 bridgehead atoms. The molecular weight excluding hydrogens is 366 g/mol. The first-order chi connectivity index (χ1) is 14.2. The van der Waals surface area contributed by atoms with Gasteiger partial charge in [0.05, 0.1) is 0 Å². The lowest BCUT2D eigenvalue weighted by molar-refractivity contribution is 0.629. The van der Waals surface area contributed by atoms with Gasteiger partial charge in [-0.2, -0.15) is 5.26 Å². The van der Waals surface area contributed by atoms with Crippen molar-refractivity contribution in [2.75, 3.05) is 0 Å². The lowest BCUT2D eigenvalue weighted by Gasteiger charge is -2.17. The molecule has 3 aromatic carbocycles. The number of pyridine rings is 1. The summed E-state index contributed by atoms with van der Waals surface area (Å²) in [6.07, 6.45) is 2.12. The van der Waals surface area contributed by atoms with Gasteiger partial charge in [0, 0.05) is 17.3 Å². The number of aromatic nitrogens is 1. The summed E-state index contributed by atoms with van der Waals surface area (Å²) in [5.41, 5.74) is 4.19. The second-order valence-corrected chi connectivity index (χ2v) is 6.64. The summed E-state index contributed by atoms with van der Waals surface area (Å²) in [4.78, 5) is 4.11. The van der Waals surface area contributed by atoms with E-state index in [9.17, 15) is 8.78 Å². The van der Waals surface area contributed by atoms with Crippen LogP contribution in [0.25, 0.3) is 22.3 Å². The maximum Gasteiger partial charge on any atom is 0.140 e. The number of hydrogen-bond acceptors (Lipinski definition) is 2. The molecule has 0 spiro atoms. The molecule has 0 aliphatic heterocycles. The quantitative estimate of drug-likeness (QED) is 0.424. The van der Waals surface area contributed by atoms with E-state index in [0.717, 1.165) is 11.1 Å². The molecule has 0 fully saturated rings. The number of rotatable bonds is 4. The standard InChI is InChI=1S/C25H16F2N2/c26-23-10-3-1-7-20(23)21-9-5-6-18(14-17-12-13-19(15-28)29-16-17)25(21)22-8-2-4-11-24(22)27/h1-13,16H,14H2.